The van der Waals surface area contributed by atoms with Crippen LogP contribution in [0.2, 0.25) is 0 Å². The lowest BCUT2D eigenvalue weighted by Crippen LogP contribution is -2.48. The zero-order valence-corrected chi connectivity index (χ0v) is 19.4. The molecule has 0 fully saturated rings. The van der Waals surface area contributed by atoms with Crippen LogP contribution in [-0.2, 0) is 5.41 Å². The summed E-state index contributed by atoms with van der Waals surface area (Å²) in [5.41, 5.74) is 7.08. The Balaban J connectivity index is 1.88. The first kappa shape index (κ1) is 24.3. The molecule has 2 amide bonds. The molecule has 0 spiro atoms. The summed E-state index contributed by atoms with van der Waals surface area (Å²) in [6, 6.07) is 14.3. The molecule has 0 saturated heterocycles. The van der Waals surface area contributed by atoms with E-state index < -0.39 is 5.91 Å². The van der Waals surface area contributed by atoms with E-state index in [0.717, 1.165) is 24.8 Å². The van der Waals surface area contributed by atoms with Crippen molar-refractivity contribution in [1.29, 1.82) is 0 Å². The molecule has 0 aliphatic rings. The van der Waals surface area contributed by atoms with Gasteiger partial charge in [0.2, 0.25) is 0 Å². The SMILES string of the molecule is CCCCCOc1ccccc1C(=O)NC(=S)NNC(=O)c1ccc(C(C)(C)C)cc1. The molecule has 0 aliphatic heterocycles. The Kier molecular flexibility index (Phi) is 9.00. The van der Waals surface area contributed by atoms with Gasteiger partial charge in [-0.2, -0.15) is 0 Å². The number of hydrogen-bond acceptors (Lipinski definition) is 4. The first-order chi connectivity index (χ1) is 14.7. The third-order valence-electron chi connectivity index (χ3n) is 4.67. The monoisotopic (exact) mass is 441 g/mol. The number of thiocarbonyl (C=S) groups is 1. The van der Waals surface area contributed by atoms with Crippen LogP contribution < -0.4 is 20.9 Å². The number of rotatable bonds is 7. The molecular weight excluding hydrogens is 410 g/mol. The van der Waals surface area contributed by atoms with Crippen molar-refractivity contribution in [2.45, 2.75) is 52.4 Å². The number of unbranched alkanes of at least 4 members (excludes halogenated alkanes) is 2. The van der Waals surface area contributed by atoms with Crippen LogP contribution in [0.3, 0.4) is 0 Å². The molecular formula is C24H31N3O3S. The van der Waals surface area contributed by atoms with Gasteiger partial charge in [0.1, 0.15) is 5.75 Å². The summed E-state index contributed by atoms with van der Waals surface area (Å²) in [5.74, 6) is -0.258. The second-order valence-corrected chi connectivity index (χ2v) is 8.65. The maximum Gasteiger partial charge on any atom is 0.269 e. The third-order valence-corrected chi connectivity index (χ3v) is 4.87. The molecule has 31 heavy (non-hydrogen) atoms. The summed E-state index contributed by atoms with van der Waals surface area (Å²) in [5, 5.41) is 2.55. The summed E-state index contributed by atoms with van der Waals surface area (Å²) < 4.78 is 5.74. The molecule has 2 aromatic rings. The quantitative estimate of drug-likeness (QED) is 0.335. The zero-order chi connectivity index (χ0) is 22.9. The van der Waals surface area contributed by atoms with Crippen LogP contribution in [0.25, 0.3) is 0 Å². The van der Waals surface area contributed by atoms with Crippen molar-refractivity contribution in [2.75, 3.05) is 6.61 Å². The van der Waals surface area contributed by atoms with Gasteiger partial charge in [0.15, 0.2) is 5.11 Å². The maximum absolute atomic E-state index is 12.6. The number of carbonyl (C=O) groups is 2. The van der Waals surface area contributed by atoms with Crippen molar-refractivity contribution < 1.29 is 14.3 Å². The van der Waals surface area contributed by atoms with Gasteiger partial charge in [0.05, 0.1) is 12.2 Å². The molecule has 0 radical (unpaired) electrons. The molecule has 0 bridgehead atoms. The highest BCUT2D eigenvalue weighted by Gasteiger charge is 2.16. The fraction of sp³-hybridized carbons (Fsp3) is 0.375. The Morgan fingerprint density at radius 2 is 1.61 bits per heavy atom. The molecule has 0 aromatic heterocycles. The highest BCUT2D eigenvalue weighted by Crippen LogP contribution is 2.22. The largest absolute Gasteiger partial charge is 0.493 e. The minimum atomic E-state index is -0.410. The molecule has 0 unspecified atom stereocenters. The average Bonchev–Trinajstić information content (AvgIpc) is 2.74. The lowest BCUT2D eigenvalue weighted by molar-refractivity contribution is 0.0933. The smallest absolute Gasteiger partial charge is 0.269 e. The predicted octanol–water partition coefficient (Wildman–Crippen LogP) is 4.50. The van der Waals surface area contributed by atoms with Gasteiger partial charge in [-0.15, -0.1) is 0 Å². The van der Waals surface area contributed by atoms with Crippen molar-refractivity contribution in [2.24, 2.45) is 0 Å². The Hall–Kier alpha value is -2.93. The van der Waals surface area contributed by atoms with Gasteiger partial charge in [0, 0.05) is 5.56 Å². The van der Waals surface area contributed by atoms with Crippen LogP contribution in [0.5, 0.6) is 5.75 Å². The van der Waals surface area contributed by atoms with Gasteiger partial charge >= 0.3 is 0 Å². The van der Waals surface area contributed by atoms with Crippen molar-refractivity contribution in [1.82, 2.24) is 16.2 Å². The fourth-order valence-corrected chi connectivity index (χ4v) is 2.97. The van der Waals surface area contributed by atoms with E-state index in [0.29, 0.717) is 23.5 Å². The van der Waals surface area contributed by atoms with Crippen LogP contribution in [-0.4, -0.2) is 23.5 Å². The van der Waals surface area contributed by atoms with E-state index in [2.05, 4.69) is 43.9 Å². The van der Waals surface area contributed by atoms with Crippen LogP contribution in [0, 0.1) is 0 Å². The molecule has 3 N–H and O–H groups in total. The fourth-order valence-electron chi connectivity index (χ4n) is 2.82. The van der Waals surface area contributed by atoms with Gasteiger partial charge in [0.25, 0.3) is 11.8 Å². The molecule has 7 heteroatoms. The molecule has 0 saturated carbocycles. The lowest BCUT2D eigenvalue weighted by atomic mass is 9.87. The van der Waals surface area contributed by atoms with E-state index in [1.165, 1.54) is 0 Å². The minimum absolute atomic E-state index is 0.00884. The summed E-state index contributed by atoms with van der Waals surface area (Å²) in [7, 11) is 0. The van der Waals surface area contributed by atoms with E-state index >= 15 is 0 Å². The summed E-state index contributed by atoms with van der Waals surface area (Å²) in [6.45, 7) is 9.00. The highest BCUT2D eigenvalue weighted by molar-refractivity contribution is 7.80. The van der Waals surface area contributed by atoms with Crippen LogP contribution >= 0.6 is 12.2 Å². The summed E-state index contributed by atoms with van der Waals surface area (Å²) in [6.07, 6.45) is 3.09. The number of amides is 2. The number of carbonyl (C=O) groups excluding carboxylic acids is 2. The average molecular weight is 442 g/mol. The predicted molar refractivity (Wildman–Crippen MR) is 127 cm³/mol. The molecule has 0 heterocycles. The van der Waals surface area contributed by atoms with Gasteiger partial charge in [-0.25, -0.2) is 0 Å². The number of para-hydroxylation sites is 1. The van der Waals surface area contributed by atoms with Crippen LogP contribution in [0.4, 0.5) is 0 Å². The van der Waals surface area contributed by atoms with Crippen molar-refractivity contribution in [3.63, 3.8) is 0 Å². The van der Waals surface area contributed by atoms with Crippen molar-refractivity contribution in [3.05, 3.63) is 65.2 Å². The number of hydrogen-bond donors (Lipinski definition) is 3. The van der Waals surface area contributed by atoms with Crippen LogP contribution in [0.15, 0.2) is 48.5 Å². The van der Waals surface area contributed by atoms with Gasteiger partial charge in [-0.1, -0.05) is 64.8 Å². The molecule has 2 rings (SSSR count). The van der Waals surface area contributed by atoms with Gasteiger partial charge in [-0.3, -0.25) is 25.8 Å². The normalized spacial score (nSPS) is 10.8. The number of nitrogens with one attached hydrogen (secondary N) is 3. The lowest BCUT2D eigenvalue weighted by Gasteiger charge is -2.19. The third kappa shape index (κ3) is 7.68. The van der Waals surface area contributed by atoms with E-state index in [9.17, 15) is 9.59 Å². The van der Waals surface area contributed by atoms with Gasteiger partial charge in [-0.05, 0) is 53.9 Å². The first-order valence-corrected chi connectivity index (χ1v) is 10.9. The standard InChI is InChI=1S/C24H31N3O3S/c1-5-6-9-16-30-20-11-8-7-10-19(20)22(29)25-23(31)27-26-21(28)17-12-14-18(15-13-17)24(2,3)4/h7-8,10-15H,5-6,9,16H2,1-4H3,(H,26,28)(H2,25,27,29,31). The van der Waals surface area contributed by atoms with E-state index in [4.69, 9.17) is 17.0 Å². The van der Waals surface area contributed by atoms with E-state index in [1.807, 2.05) is 18.2 Å². The Labute approximate surface area is 189 Å². The molecule has 0 aliphatic carbocycles. The minimum Gasteiger partial charge on any atom is -0.493 e. The number of ether oxygens (including phenoxy) is 1. The highest BCUT2D eigenvalue weighted by atomic mass is 32.1. The number of benzene rings is 2. The molecule has 6 nitrogen and oxygen atoms in total. The van der Waals surface area contributed by atoms with Crippen molar-refractivity contribution >= 4 is 29.1 Å². The summed E-state index contributed by atoms with van der Waals surface area (Å²) >= 11 is 5.13. The second kappa shape index (κ2) is 11.5. The zero-order valence-electron chi connectivity index (χ0n) is 18.6. The molecule has 0 atom stereocenters. The van der Waals surface area contributed by atoms with E-state index in [1.54, 1.807) is 30.3 Å². The Bertz CT molecular complexity index is 905. The molecule has 166 valence electrons. The molecule has 2 aromatic carbocycles. The first-order valence-electron chi connectivity index (χ1n) is 10.5. The van der Waals surface area contributed by atoms with Crippen LogP contribution in [0.1, 0.15) is 73.2 Å². The van der Waals surface area contributed by atoms with Crippen molar-refractivity contribution in [3.8, 4) is 5.75 Å². The second-order valence-electron chi connectivity index (χ2n) is 8.24. The Morgan fingerprint density at radius 3 is 2.26 bits per heavy atom. The summed E-state index contributed by atoms with van der Waals surface area (Å²) in [4.78, 5) is 24.9. The maximum atomic E-state index is 12.6. The van der Waals surface area contributed by atoms with E-state index in [-0.39, 0.29) is 16.4 Å². The Morgan fingerprint density at radius 1 is 0.935 bits per heavy atom. The van der Waals surface area contributed by atoms with Gasteiger partial charge < -0.3 is 4.74 Å². The topological polar surface area (TPSA) is 79.5 Å². The number of hydrazine groups is 1.